The van der Waals surface area contributed by atoms with Crippen molar-refractivity contribution in [1.82, 2.24) is 0 Å². The molecular weight excluding hydrogens is 184 g/mol. The lowest BCUT2D eigenvalue weighted by Gasteiger charge is -2.03. The molecule has 0 N–H and O–H groups in total. The number of esters is 1. The SMILES string of the molecule is COCC(=O)Oc1cccc(C=O)c1. The van der Waals surface area contributed by atoms with E-state index in [-0.39, 0.29) is 6.61 Å². The Balaban J connectivity index is 2.66. The van der Waals surface area contributed by atoms with E-state index in [1.165, 1.54) is 13.2 Å². The Labute approximate surface area is 81.4 Å². The highest BCUT2D eigenvalue weighted by molar-refractivity contribution is 5.77. The maximum atomic E-state index is 11.0. The summed E-state index contributed by atoms with van der Waals surface area (Å²) in [5, 5.41) is 0. The maximum Gasteiger partial charge on any atom is 0.337 e. The van der Waals surface area contributed by atoms with Crippen LogP contribution < -0.4 is 4.74 Å². The molecular formula is C10H10O4. The Kier molecular flexibility index (Phi) is 3.82. The van der Waals surface area contributed by atoms with E-state index < -0.39 is 5.97 Å². The van der Waals surface area contributed by atoms with Crippen molar-refractivity contribution in [1.29, 1.82) is 0 Å². The minimum Gasteiger partial charge on any atom is -0.425 e. The molecule has 0 radical (unpaired) electrons. The molecule has 0 amide bonds. The Morgan fingerprint density at radius 1 is 1.50 bits per heavy atom. The number of methoxy groups -OCH3 is 1. The highest BCUT2D eigenvalue weighted by atomic mass is 16.6. The number of hydrogen-bond acceptors (Lipinski definition) is 4. The number of carbonyl (C=O) groups excluding carboxylic acids is 2. The molecule has 0 aliphatic carbocycles. The summed E-state index contributed by atoms with van der Waals surface area (Å²) in [6.45, 7) is -0.106. The van der Waals surface area contributed by atoms with E-state index in [9.17, 15) is 9.59 Å². The van der Waals surface area contributed by atoms with Crippen LogP contribution in [0, 0.1) is 0 Å². The lowest BCUT2D eigenvalue weighted by atomic mass is 10.2. The Morgan fingerprint density at radius 2 is 2.29 bits per heavy atom. The average Bonchev–Trinajstić information content (AvgIpc) is 2.18. The van der Waals surface area contributed by atoms with Crippen LogP contribution in [0.3, 0.4) is 0 Å². The van der Waals surface area contributed by atoms with Gasteiger partial charge in [-0.05, 0) is 12.1 Å². The van der Waals surface area contributed by atoms with Crippen LogP contribution >= 0.6 is 0 Å². The summed E-state index contributed by atoms with van der Waals surface area (Å²) >= 11 is 0. The number of hydrogen-bond donors (Lipinski definition) is 0. The molecule has 0 aliphatic heterocycles. The van der Waals surface area contributed by atoms with Crippen LogP contribution in [-0.2, 0) is 9.53 Å². The van der Waals surface area contributed by atoms with E-state index in [1.54, 1.807) is 18.2 Å². The first-order valence-electron chi connectivity index (χ1n) is 4.01. The fraction of sp³-hybridized carbons (Fsp3) is 0.200. The lowest BCUT2D eigenvalue weighted by molar-refractivity contribution is -0.138. The molecule has 0 heterocycles. The van der Waals surface area contributed by atoms with Crippen LogP contribution in [0.1, 0.15) is 10.4 Å². The van der Waals surface area contributed by atoms with Gasteiger partial charge < -0.3 is 9.47 Å². The fourth-order valence-corrected chi connectivity index (χ4v) is 0.930. The molecule has 0 fully saturated rings. The van der Waals surface area contributed by atoms with Crippen molar-refractivity contribution in [3.63, 3.8) is 0 Å². The second-order valence-electron chi connectivity index (χ2n) is 2.60. The second kappa shape index (κ2) is 5.14. The number of ether oxygens (including phenoxy) is 2. The van der Waals surface area contributed by atoms with Gasteiger partial charge in [-0.1, -0.05) is 12.1 Å². The molecule has 74 valence electrons. The summed E-state index contributed by atoms with van der Waals surface area (Å²) in [4.78, 5) is 21.4. The largest absolute Gasteiger partial charge is 0.425 e. The summed E-state index contributed by atoms with van der Waals surface area (Å²) in [5.74, 6) is -0.146. The van der Waals surface area contributed by atoms with Gasteiger partial charge in [-0.15, -0.1) is 0 Å². The first-order chi connectivity index (χ1) is 6.76. The predicted molar refractivity (Wildman–Crippen MR) is 49.3 cm³/mol. The van der Waals surface area contributed by atoms with Crippen LogP contribution in [0.15, 0.2) is 24.3 Å². The third-order valence-electron chi connectivity index (χ3n) is 1.49. The Bertz CT molecular complexity index is 333. The summed E-state index contributed by atoms with van der Waals surface area (Å²) < 4.78 is 9.46. The molecule has 0 saturated carbocycles. The van der Waals surface area contributed by atoms with Gasteiger partial charge in [-0.2, -0.15) is 0 Å². The third-order valence-corrected chi connectivity index (χ3v) is 1.49. The van der Waals surface area contributed by atoms with Crippen LogP contribution in [0.5, 0.6) is 5.75 Å². The van der Waals surface area contributed by atoms with Gasteiger partial charge in [-0.3, -0.25) is 4.79 Å². The monoisotopic (exact) mass is 194 g/mol. The van der Waals surface area contributed by atoms with Crippen LogP contribution in [0.25, 0.3) is 0 Å². The number of aldehydes is 1. The van der Waals surface area contributed by atoms with E-state index in [0.29, 0.717) is 17.6 Å². The molecule has 1 aromatic carbocycles. The molecule has 0 spiro atoms. The topological polar surface area (TPSA) is 52.6 Å². The highest BCUT2D eigenvalue weighted by Gasteiger charge is 2.03. The van der Waals surface area contributed by atoms with Crippen molar-refractivity contribution < 1.29 is 19.1 Å². The van der Waals surface area contributed by atoms with Crippen molar-refractivity contribution in [2.75, 3.05) is 13.7 Å². The van der Waals surface area contributed by atoms with Gasteiger partial charge in [0.25, 0.3) is 0 Å². The third kappa shape index (κ3) is 2.99. The second-order valence-corrected chi connectivity index (χ2v) is 2.60. The highest BCUT2D eigenvalue weighted by Crippen LogP contribution is 2.11. The summed E-state index contributed by atoms with van der Waals surface area (Å²) in [5.41, 5.74) is 0.465. The van der Waals surface area contributed by atoms with Crippen LogP contribution in [0.4, 0.5) is 0 Å². The molecule has 0 aliphatic rings. The standard InChI is InChI=1S/C10H10O4/c1-13-7-10(12)14-9-4-2-3-8(5-9)6-11/h2-6H,7H2,1H3. The molecule has 1 rings (SSSR count). The van der Waals surface area contributed by atoms with Crippen molar-refractivity contribution in [2.24, 2.45) is 0 Å². The summed E-state index contributed by atoms with van der Waals surface area (Å²) in [6.07, 6.45) is 0.688. The first kappa shape index (κ1) is 10.4. The molecule has 0 atom stereocenters. The van der Waals surface area contributed by atoms with Crippen LogP contribution in [-0.4, -0.2) is 26.0 Å². The molecule has 4 nitrogen and oxygen atoms in total. The minimum absolute atomic E-state index is 0.106. The molecule has 14 heavy (non-hydrogen) atoms. The van der Waals surface area contributed by atoms with Gasteiger partial charge >= 0.3 is 5.97 Å². The molecule has 0 saturated heterocycles. The maximum absolute atomic E-state index is 11.0. The molecule has 0 bridgehead atoms. The predicted octanol–water partition coefficient (Wildman–Crippen LogP) is 1.05. The number of rotatable bonds is 4. The van der Waals surface area contributed by atoms with Crippen molar-refractivity contribution >= 4 is 12.3 Å². The summed E-state index contributed by atoms with van der Waals surface area (Å²) in [6, 6.07) is 6.35. The minimum atomic E-state index is -0.490. The Morgan fingerprint density at radius 3 is 2.93 bits per heavy atom. The first-order valence-corrected chi connectivity index (χ1v) is 4.01. The van der Waals surface area contributed by atoms with Gasteiger partial charge in [0.1, 0.15) is 18.6 Å². The van der Waals surface area contributed by atoms with Gasteiger partial charge in [0, 0.05) is 12.7 Å². The lowest BCUT2D eigenvalue weighted by Crippen LogP contribution is -2.14. The van der Waals surface area contributed by atoms with Crippen LogP contribution in [0.2, 0.25) is 0 Å². The van der Waals surface area contributed by atoms with E-state index in [4.69, 9.17) is 4.74 Å². The van der Waals surface area contributed by atoms with Crippen molar-refractivity contribution in [2.45, 2.75) is 0 Å². The van der Waals surface area contributed by atoms with Crippen molar-refractivity contribution in [3.8, 4) is 5.75 Å². The number of benzene rings is 1. The quantitative estimate of drug-likeness (QED) is 0.408. The van der Waals surface area contributed by atoms with Crippen molar-refractivity contribution in [3.05, 3.63) is 29.8 Å². The molecule has 0 aromatic heterocycles. The zero-order valence-corrected chi connectivity index (χ0v) is 7.73. The molecule has 1 aromatic rings. The van der Waals surface area contributed by atoms with E-state index >= 15 is 0 Å². The van der Waals surface area contributed by atoms with Gasteiger partial charge in [-0.25, -0.2) is 4.79 Å². The van der Waals surface area contributed by atoms with Gasteiger partial charge in [0.15, 0.2) is 0 Å². The van der Waals surface area contributed by atoms with Gasteiger partial charge in [0.2, 0.25) is 0 Å². The van der Waals surface area contributed by atoms with E-state index in [2.05, 4.69) is 4.74 Å². The normalized spacial score (nSPS) is 9.50. The fourth-order valence-electron chi connectivity index (χ4n) is 0.930. The smallest absolute Gasteiger partial charge is 0.337 e. The number of carbonyl (C=O) groups is 2. The van der Waals surface area contributed by atoms with E-state index in [1.807, 2.05) is 0 Å². The zero-order chi connectivity index (χ0) is 10.4. The summed E-state index contributed by atoms with van der Waals surface area (Å²) in [7, 11) is 1.41. The average molecular weight is 194 g/mol. The van der Waals surface area contributed by atoms with Gasteiger partial charge in [0.05, 0.1) is 0 Å². The van der Waals surface area contributed by atoms with E-state index in [0.717, 1.165) is 0 Å². The zero-order valence-electron chi connectivity index (χ0n) is 7.73. The molecule has 4 heteroatoms. The molecule has 0 unspecified atom stereocenters. The Hall–Kier alpha value is -1.68.